The van der Waals surface area contributed by atoms with Crippen LogP contribution in [-0.4, -0.2) is 34.9 Å². The van der Waals surface area contributed by atoms with Gasteiger partial charge in [0.05, 0.1) is 11.1 Å². The maximum Gasteiger partial charge on any atom is 0.253 e. The average molecular weight is 374 g/mol. The summed E-state index contributed by atoms with van der Waals surface area (Å²) >= 11 is 10.9. The molecule has 0 atom stereocenters. The van der Waals surface area contributed by atoms with E-state index in [9.17, 15) is 10.1 Å². The minimum Gasteiger partial charge on any atom is -0.338 e. The van der Waals surface area contributed by atoms with Gasteiger partial charge in [-0.15, -0.1) is 11.8 Å². The van der Waals surface area contributed by atoms with Gasteiger partial charge in [0, 0.05) is 23.1 Å². The number of rotatable bonds is 2. The molecule has 1 aliphatic rings. The van der Waals surface area contributed by atoms with Gasteiger partial charge in [-0.3, -0.25) is 4.79 Å². The second-order valence-electron chi connectivity index (χ2n) is 4.73. The summed E-state index contributed by atoms with van der Waals surface area (Å²) in [5.41, 5.74) is 0.590. The second kappa shape index (κ2) is 6.38. The fraction of sp³-hybridized carbons (Fsp3) is 0.429. The summed E-state index contributed by atoms with van der Waals surface area (Å²) < 4.78 is 0.439. The largest absolute Gasteiger partial charge is 0.338 e. The highest BCUT2D eigenvalue weighted by atomic mass is 79.9. The Kier molecular flexibility index (Phi) is 5.00. The number of nitriles is 1. The van der Waals surface area contributed by atoms with Gasteiger partial charge in [-0.2, -0.15) is 5.26 Å². The van der Waals surface area contributed by atoms with Gasteiger partial charge in [0.25, 0.3) is 5.91 Å². The van der Waals surface area contributed by atoms with Crippen LogP contribution in [0.3, 0.4) is 0 Å². The van der Waals surface area contributed by atoms with Crippen molar-refractivity contribution in [1.82, 2.24) is 4.90 Å². The highest BCUT2D eigenvalue weighted by Gasteiger charge is 2.35. The molecule has 0 unspecified atom stereocenters. The van der Waals surface area contributed by atoms with Crippen molar-refractivity contribution in [3.05, 3.63) is 33.3 Å². The minimum absolute atomic E-state index is 0.0213. The quantitative estimate of drug-likeness (QED) is 0.788. The Morgan fingerprint density at radius 2 is 2.15 bits per heavy atom. The van der Waals surface area contributed by atoms with E-state index in [0.29, 0.717) is 36.5 Å². The predicted octanol–water partition coefficient (Wildman–Crippen LogP) is 3.96. The molecule has 1 heterocycles. The maximum absolute atomic E-state index is 12.4. The number of hydrogen-bond donors (Lipinski definition) is 0. The zero-order valence-electron chi connectivity index (χ0n) is 11.0. The lowest BCUT2D eigenvalue weighted by molar-refractivity contribution is 0.0716. The van der Waals surface area contributed by atoms with Gasteiger partial charge in [-0.25, -0.2) is 0 Å². The van der Waals surface area contributed by atoms with E-state index in [-0.39, 0.29) is 10.7 Å². The third-order valence-corrected chi connectivity index (χ3v) is 6.13. The van der Waals surface area contributed by atoms with Crippen LogP contribution >= 0.6 is 39.3 Å². The molecule has 2 rings (SSSR count). The number of hydrogen-bond acceptors (Lipinski definition) is 3. The van der Waals surface area contributed by atoms with E-state index in [1.807, 2.05) is 6.26 Å². The standard InChI is InChI=1S/C14H14BrClN2OS/c1-20-14(9-17)4-6-18(7-5-14)13(19)10-2-3-11(15)12(16)8-10/h2-3,8H,4-7H2,1H3. The fourth-order valence-corrected chi connectivity index (χ4v) is 3.35. The van der Waals surface area contributed by atoms with Crippen LogP contribution in [0.25, 0.3) is 0 Å². The molecule has 3 nitrogen and oxygen atoms in total. The van der Waals surface area contributed by atoms with Crippen LogP contribution < -0.4 is 0 Å². The molecule has 1 saturated heterocycles. The summed E-state index contributed by atoms with van der Waals surface area (Å²) in [7, 11) is 0. The van der Waals surface area contributed by atoms with E-state index in [1.165, 1.54) is 0 Å². The molecule has 6 heteroatoms. The molecule has 0 radical (unpaired) electrons. The SMILES string of the molecule is CSC1(C#N)CCN(C(=O)c2ccc(Br)c(Cl)c2)CC1. The first-order chi connectivity index (χ1) is 9.51. The number of thioether (sulfide) groups is 1. The number of nitrogens with zero attached hydrogens (tertiary/aromatic N) is 2. The molecule has 1 aromatic rings. The smallest absolute Gasteiger partial charge is 0.253 e. The molecule has 0 saturated carbocycles. The fourth-order valence-electron chi connectivity index (χ4n) is 2.24. The summed E-state index contributed by atoms with van der Waals surface area (Å²) in [6, 6.07) is 7.60. The van der Waals surface area contributed by atoms with Crippen LogP contribution in [0.5, 0.6) is 0 Å². The molecule has 0 aromatic heterocycles. The number of amides is 1. The van der Waals surface area contributed by atoms with Crippen LogP contribution in [0.1, 0.15) is 23.2 Å². The van der Waals surface area contributed by atoms with Gasteiger partial charge in [-0.1, -0.05) is 11.6 Å². The molecule has 0 aliphatic carbocycles. The Hall–Kier alpha value is -0.700. The summed E-state index contributed by atoms with van der Waals surface area (Å²) in [6.45, 7) is 1.22. The maximum atomic E-state index is 12.4. The number of carbonyl (C=O) groups excluding carboxylic acids is 1. The molecule has 0 bridgehead atoms. The topological polar surface area (TPSA) is 44.1 Å². The number of likely N-dealkylation sites (tertiary alicyclic amines) is 1. The lowest BCUT2D eigenvalue weighted by atomic mass is 9.96. The van der Waals surface area contributed by atoms with Gasteiger partial charge in [0.15, 0.2) is 0 Å². The summed E-state index contributed by atoms with van der Waals surface area (Å²) in [6.07, 6.45) is 3.37. The van der Waals surface area contributed by atoms with Gasteiger partial charge in [-0.05, 0) is 53.2 Å². The predicted molar refractivity (Wildman–Crippen MR) is 86.1 cm³/mol. The normalized spacial score (nSPS) is 17.6. The number of halogens is 2. The van der Waals surface area contributed by atoms with Crippen LogP contribution in [0.2, 0.25) is 5.02 Å². The van der Waals surface area contributed by atoms with E-state index < -0.39 is 0 Å². The minimum atomic E-state index is -0.339. The van der Waals surface area contributed by atoms with Crippen LogP contribution in [0.15, 0.2) is 22.7 Å². The average Bonchev–Trinajstić information content (AvgIpc) is 2.49. The molecule has 0 N–H and O–H groups in total. The Labute approximate surface area is 136 Å². The van der Waals surface area contributed by atoms with E-state index in [4.69, 9.17) is 11.6 Å². The zero-order chi connectivity index (χ0) is 14.8. The monoisotopic (exact) mass is 372 g/mol. The van der Waals surface area contributed by atoms with Crippen molar-refractivity contribution in [2.75, 3.05) is 19.3 Å². The Morgan fingerprint density at radius 1 is 1.50 bits per heavy atom. The highest BCUT2D eigenvalue weighted by molar-refractivity contribution is 9.10. The van der Waals surface area contributed by atoms with Crippen molar-refractivity contribution in [1.29, 1.82) is 5.26 Å². The molecule has 1 fully saturated rings. The molecule has 106 valence electrons. The molecule has 1 aromatic carbocycles. The molecule has 20 heavy (non-hydrogen) atoms. The van der Waals surface area contributed by atoms with Gasteiger partial charge < -0.3 is 4.90 Å². The molecular weight excluding hydrogens is 360 g/mol. The number of benzene rings is 1. The van der Waals surface area contributed by atoms with Crippen LogP contribution in [0.4, 0.5) is 0 Å². The second-order valence-corrected chi connectivity index (χ2v) is 7.18. The molecule has 0 spiro atoms. The lowest BCUT2D eigenvalue weighted by Gasteiger charge is -2.36. The first-order valence-electron chi connectivity index (χ1n) is 6.22. The third-order valence-electron chi connectivity index (χ3n) is 3.62. The zero-order valence-corrected chi connectivity index (χ0v) is 14.2. The third kappa shape index (κ3) is 3.13. The van der Waals surface area contributed by atoms with Crippen molar-refractivity contribution in [2.45, 2.75) is 17.6 Å². The first-order valence-corrected chi connectivity index (χ1v) is 8.61. The number of carbonyl (C=O) groups is 1. The lowest BCUT2D eigenvalue weighted by Crippen LogP contribution is -2.44. The van der Waals surface area contributed by atoms with Crippen molar-refractivity contribution in [3.8, 4) is 6.07 Å². The van der Waals surface area contributed by atoms with E-state index >= 15 is 0 Å². The Morgan fingerprint density at radius 3 is 2.65 bits per heavy atom. The van der Waals surface area contributed by atoms with Crippen molar-refractivity contribution >= 4 is 45.2 Å². The summed E-state index contributed by atoms with van der Waals surface area (Å²) in [4.78, 5) is 14.2. The molecule has 1 aliphatic heterocycles. The molecular formula is C14H14BrClN2OS. The van der Waals surface area contributed by atoms with Gasteiger partial charge in [0.2, 0.25) is 0 Å². The van der Waals surface area contributed by atoms with Crippen molar-refractivity contribution < 1.29 is 4.79 Å². The Balaban J connectivity index is 2.09. The van der Waals surface area contributed by atoms with Crippen LogP contribution in [-0.2, 0) is 0 Å². The first kappa shape index (κ1) is 15.7. The highest BCUT2D eigenvalue weighted by Crippen LogP contribution is 2.34. The van der Waals surface area contributed by atoms with Gasteiger partial charge >= 0.3 is 0 Å². The van der Waals surface area contributed by atoms with E-state index in [1.54, 1.807) is 34.9 Å². The van der Waals surface area contributed by atoms with Gasteiger partial charge in [0.1, 0.15) is 4.75 Å². The van der Waals surface area contributed by atoms with Crippen molar-refractivity contribution in [3.63, 3.8) is 0 Å². The van der Waals surface area contributed by atoms with Crippen molar-refractivity contribution in [2.24, 2.45) is 0 Å². The number of piperidine rings is 1. The van der Waals surface area contributed by atoms with E-state index in [0.717, 1.165) is 4.47 Å². The molecule has 1 amide bonds. The summed E-state index contributed by atoms with van der Waals surface area (Å²) in [5, 5.41) is 9.78. The summed E-state index contributed by atoms with van der Waals surface area (Å²) in [5.74, 6) is -0.0213. The Bertz CT molecular complexity index is 565. The van der Waals surface area contributed by atoms with Crippen LogP contribution in [0, 0.1) is 11.3 Å². The van der Waals surface area contributed by atoms with E-state index in [2.05, 4.69) is 22.0 Å².